The molecule has 48 heavy (non-hydrogen) atoms. The fourth-order valence-electron chi connectivity index (χ4n) is 7.27. The monoisotopic (exact) mass is 610 g/mol. The van der Waals surface area contributed by atoms with Crippen molar-refractivity contribution in [1.82, 2.24) is 9.13 Å². The largest absolute Gasteiger partial charge is 0.309 e. The first-order chi connectivity index (χ1) is 23.7. The van der Waals surface area contributed by atoms with Crippen molar-refractivity contribution in [2.45, 2.75) is 0 Å². The molecule has 0 aliphatic heterocycles. The summed E-state index contributed by atoms with van der Waals surface area (Å²) < 4.78 is 4.56. The molecule has 0 amide bonds. The summed E-state index contributed by atoms with van der Waals surface area (Å²) in [5, 5.41) is 25.1. The molecular weight excluding hydrogens is 585 g/mol. The lowest BCUT2D eigenvalue weighted by atomic mass is 9.92. The van der Waals surface area contributed by atoms with Crippen molar-refractivity contribution in [3.63, 3.8) is 0 Å². The van der Waals surface area contributed by atoms with E-state index in [0.29, 0.717) is 11.1 Å². The Morgan fingerprint density at radius 3 is 1.50 bits per heavy atom. The molecule has 0 saturated heterocycles. The standard InChI is InChI=1S/C44H26N4/c45-27-29-20-23-44(48-42-18-7-3-14-36(42)37-15-4-8-19-43(37)48)39(24-29)38-26-31(21-22-32(38)28-46)30-10-9-11-33(25-30)47-40-16-5-1-12-34(40)35-13-2-6-17-41(35)47/h1-26H. The van der Waals surface area contributed by atoms with Crippen LogP contribution < -0.4 is 0 Å². The maximum Gasteiger partial charge on any atom is 0.0998 e. The maximum atomic E-state index is 10.4. The summed E-state index contributed by atoms with van der Waals surface area (Å²) in [7, 11) is 0. The van der Waals surface area contributed by atoms with Crippen LogP contribution in [0.1, 0.15) is 11.1 Å². The molecule has 4 nitrogen and oxygen atoms in total. The van der Waals surface area contributed by atoms with E-state index in [1.807, 2.05) is 42.5 Å². The SMILES string of the molecule is N#Cc1ccc(-n2c3ccccc3c3ccccc32)c(-c2cc(-c3cccc(-n4c5ccccc5c5ccccc54)c3)ccc2C#N)c1. The molecule has 0 N–H and O–H groups in total. The third-order valence-corrected chi connectivity index (χ3v) is 9.39. The number of fused-ring (bicyclic) bond motifs is 6. The van der Waals surface area contributed by atoms with Crippen LogP contribution in [-0.4, -0.2) is 9.13 Å². The van der Waals surface area contributed by atoms with Gasteiger partial charge in [-0.3, -0.25) is 0 Å². The van der Waals surface area contributed by atoms with Gasteiger partial charge in [0.2, 0.25) is 0 Å². The summed E-state index contributed by atoms with van der Waals surface area (Å²) in [4.78, 5) is 0. The van der Waals surface area contributed by atoms with Crippen LogP contribution in [0.25, 0.3) is 77.2 Å². The molecule has 0 radical (unpaired) electrons. The average Bonchev–Trinajstić information content (AvgIpc) is 3.67. The van der Waals surface area contributed by atoms with E-state index in [9.17, 15) is 10.5 Å². The van der Waals surface area contributed by atoms with Gasteiger partial charge in [-0.2, -0.15) is 10.5 Å². The molecule has 4 heteroatoms. The lowest BCUT2D eigenvalue weighted by Crippen LogP contribution is -1.99. The quantitative estimate of drug-likeness (QED) is 0.199. The third kappa shape index (κ3) is 4.14. The van der Waals surface area contributed by atoms with E-state index < -0.39 is 0 Å². The number of hydrogen-bond acceptors (Lipinski definition) is 2. The molecule has 9 aromatic rings. The van der Waals surface area contributed by atoms with Crippen molar-refractivity contribution in [3.8, 4) is 45.8 Å². The van der Waals surface area contributed by atoms with Crippen LogP contribution in [0.4, 0.5) is 0 Å². The van der Waals surface area contributed by atoms with Crippen molar-refractivity contribution in [3.05, 3.63) is 169 Å². The number of nitriles is 2. The second kappa shape index (κ2) is 10.9. The van der Waals surface area contributed by atoms with Crippen LogP contribution in [0.2, 0.25) is 0 Å². The Morgan fingerprint density at radius 1 is 0.396 bits per heavy atom. The Balaban J connectivity index is 1.26. The first-order valence-corrected chi connectivity index (χ1v) is 15.9. The van der Waals surface area contributed by atoms with E-state index in [1.165, 1.54) is 10.8 Å². The number of benzene rings is 7. The van der Waals surface area contributed by atoms with Gasteiger partial charge in [-0.25, -0.2) is 0 Å². The van der Waals surface area contributed by atoms with Gasteiger partial charge in [0.25, 0.3) is 0 Å². The molecule has 0 saturated carbocycles. The highest BCUT2D eigenvalue weighted by Crippen LogP contribution is 2.39. The summed E-state index contributed by atoms with van der Waals surface area (Å²) in [6.07, 6.45) is 0. The Hall–Kier alpha value is -6.88. The van der Waals surface area contributed by atoms with Gasteiger partial charge in [0.05, 0.1) is 51.0 Å². The minimum absolute atomic E-state index is 0.539. The van der Waals surface area contributed by atoms with Crippen molar-refractivity contribution >= 4 is 43.6 Å². The average molecular weight is 611 g/mol. The smallest absolute Gasteiger partial charge is 0.0998 e. The minimum Gasteiger partial charge on any atom is -0.309 e. The zero-order valence-electron chi connectivity index (χ0n) is 25.8. The van der Waals surface area contributed by atoms with Crippen LogP contribution in [0.3, 0.4) is 0 Å². The first kappa shape index (κ1) is 27.4. The van der Waals surface area contributed by atoms with Crippen molar-refractivity contribution < 1.29 is 0 Å². The summed E-state index contributed by atoms with van der Waals surface area (Å²) in [6.45, 7) is 0. The molecule has 0 bridgehead atoms. The van der Waals surface area contributed by atoms with Crippen molar-refractivity contribution in [1.29, 1.82) is 10.5 Å². The van der Waals surface area contributed by atoms with Crippen LogP contribution in [0.15, 0.2) is 158 Å². The molecule has 2 heterocycles. The predicted molar refractivity (Wildman–Crippen MR) is 195 cm³/mol. The second-order valence-electron chi connectivity index (χ2n) is 12.0. The summed E-state index contributed by atoms with van der Waals surface area (Å²) in [6, 6.07) is 58.9. The minimum atomic E-state index is 0.539. The molecule has 7 aromatic carbocycles. The Kier molecular flexibility index (Phi) is 6.22. The number of hydrogen-bond donors (Lipinski definition) is 0. The molecule has 0 spiro atoms. The Morgan fingerprint density at radius 2 is 0.938 bits per heavy atom. The molecule has 9 rings (SSSR count). The molecular formula is C44H26N4. The van der Waals surface area contributed by atoms with Crippen molar-refractivity contribution in [2.24, 2.45) is 0 Å². The molecule has 0 aliphatic carbocycles. The van der Waals surface area contributed by atoms with Gasteiger partial charge < -0.3 is 9.13 Å². The van der Waals surface area contributed by atoms with Gasteiger partial charge in [-0.05, 0) is 77.9 Å². The third-order valence-electron chi connectivity index (χ3n) is 9.39. The Labute approximate surface area is 277 Å². The van der Waals surface area contributed by atoms with Crippen LogP contribution in [0.5, 0.6) is 0 Å². The first-order valence-electron chi connectivity index (χ1n) is 15.9. The van der Waals surface area contributed by atoms with E-state index in [-0.39, 0.29) is 0 Å². The second-order valence-corrected chi connectivity index (χ2v) is 12.0. The fraction of sp³-hybridized carbons (Fsp3) is 0. The molecule has 0 unspecified atom stereocenters. The highest BCUT2D eigenvalue weighted by Gasteiger charge is 2.19. The molecule has 0 aliphatic rings. The van der Waals surface area contributed by atoms with E-state index in [2.05, 4.69) is 137 Å². The van der Waals surface area contributed by atoms with Crippen LogP contribution >= 0.6 is 0 Å². The fourth-order valence-corrected chi connectivity index (χ4v) is 7.27. The number of nitrogens with zero attached hydrogens (tertiary/aromatic N) is 4. The Bertz CT molecular complexity index is 2710. The number of para-hydroxylation sites is 4. The van der Waals surface area contributed by atoms with Gasteiger partial charge >= 0.3 is 0 Å². The molecule has 0 fully saturated rings. The van der Waals surface area contributed by atoms with Gasteiger partial charge in [-0.1, -0.05) is 91.0 Å². The van der Waals surface area contributed by atoms with E-state index in [1.54, 1.807) is 0 Å². The highest BCUT2D eigenvalue weighted by atomic mass is 15.0. The molecule has 0 atom stereocenters. The lowest BCUT2D eigenvalue weighted by molar-refractivity contribution is 1.18. The highest BCUT2D eigenvalue weighted by molar-refractivity contribution is 6.10. The molecule has 2 aromatic heterocycles. The van der Waals surface area contributed by atoms with Gasteiger partial charge in [0, 0.05) is 38.4 Å². The zero-order valence-corrected chi connectivity index (χ0v) is 25.8. The molecule has 222 valence electrons. The zero-order chi connectivity index (χ0) is 32.2. The normalized spacial score (nSPS) is 11.3. The summed E-state index contributed by atoms with van der Waals surface area (Å²) in [5.74, 6) is 0. The van der Waals surface area contributed by atoms with Crippen molar-refractivity contribution in [2.75, 3.05) is 0 Å². The van der Waals surface area contributed by atoms with Gasteiger partial charge in [0.15, 0.2) is 0 Å². The van der Waals surface area contributed by atoms with E-state index in [0.717, 1.165) is 66.5 Å². The van der Waals surface area contributed by atoms with E-state index in [4.69, 9.17) is 0 Å². The number of rotatable bonds is 4. The predicted octanol–water partition coefficient (Wildman–Crippen LogP) is 11.0. The van der Waals surface area contributed by atoms with Crippen LogP contribution in [-0.2, 0) is 0 Å². The topological polar surface area (TPSA) is 57.4 Å². The summed E-state index contributed by atoms with van der Waals surface area (Å²) >= 11 is 0. The van der Waals surface area contributed by atoms with Crippen LogP contribution in [0, 0.1) is 22.7 Å². The lowest BCUT2D eigenvalue weighted by Gasteiger charge is -2.17. The summed E-state index contributed by atoms with van der Waals surface area (Å²) in [5.41, 5.74) is 11.2. The van der Waals surface area contributed by atoms with Gasteiger partial charge in [0.1, 0.15) is 0 Å². The van der Waals surface area contributed by atoms with Gasteiger partial charge in [-0.15, -0.1) is 0 Å². The number of aromatic nitrogens is 2. The maximum absolute atomic E-state index is 10.4. The van der Waals surface area contributed by atoms with E-state index >= 15 is 0 Å².